The summed E-state index contributed by atoms with van der Waals surface area (Å²) >= 11 is 0. The predicted octanol–water partition coefficient (Wildman–Crippen LogP) is 3.50. The van der Waals surface area contributed by atoms with E-state index in [1.165, 1.54) is 24.5 Å². The summed E-state index contributed by atoms with van der Waals surface area (Å²) in [5.74, 6) is -2.23. The Hall–Kier alpha value is -3.30. The molecule has 3 amide bonds. The molecule has 0 spiro atoms. The lowest BCUT2D eigenvalue weighted by atomic mass is 10.1. The van der Waals surface area contributed by atoms with Crippen molar-refractivity contribution in [1.29, 1.82) is 0 Å². The lowest BCUT2D eigenvalue weighted by Gasteiger charge is -2.18. The fourth-order valence-electron chi connectivity index (χ4n) is 3.45. The monoisotopic (exact) mass is 421 g/mol. The highest BCUT2D eigenvalue weighted by Gasteiger charge is 2.42. The quantitative estimate of drug-likeness (QED) is 0.773. The summed E-state index contributed by atoms with van der Waals surface area (Å²) in [6.45, 7) is 0.216. The summed E-state index contributed by atoms with van der Waals surface area (Å²) in [7, 11) is 0. The molecule has 158 valence electrons. The first-order valence-electron chi connectivity index (χ1n) is 9.39. The smallest absolute Gasteiger partial charge is 0.418 e. The molecule has 4 rings (SSSR count). The molecule has 10 heteroatoms. The van der Waals surface area contributed by atoms with Gasteiger partial charge in [-0.25, -0.2) is 0 Å². The molecule has 2 N–H and O–H groups in total. The Morgan fingerprint density at radius 1 is 1.13 bits per heavy atom. The number of carbonyl (C=O) groups is 3. The molecule has 1 aliphatic heterocycles. The Kier molecular flexibility index (Phi) is 5.00. The third-order valence-corrected chi connectivity index (χ3v) is 5.10. The van der Waals surface area contributed by atoms with Gasteiger partial charge in [-0.1, -0.05) is 0 Å². The molecule has 1 aliphatic carbocycles. The minimum Gasteiger partial charge on any atom is -0.459 e. The minimum atomic E-state index is -4.76. The van der Waals surface area contributed by atoms with E-state index in [1.54, 1.807) is 4.90 Å². The maximum Gasteiger partial charge on any atom is 0.418 e. The second-order valence-corrected chi connectivity index (χ2v) is 7.36. The van der Waals surface area contributed by atoms with Crippen molar-refractivity contribution in [2.45, 2.75) is 31.5 Å². The molecule has 1 atom stereocenters. The van der Waals surface area contributed by atoms with Crippen LogP contribution in [0.15, 0.2) is 41.0 Å². The summed E-state index contributed by atoms with van der Waals surface area (Å²) in [5, 5.41) is 4.63. The van der Waals surface area contributed by atoms with Crippen LogP contribution in [0.25, 0.3) is 0 Å². The Balaban J connectivity index is 1.50. The Bertz CT molecular complexity index is 984. The van der Waals surface area contributed by atoms with Crippen LogP contribution in [0.4, 0.5) is 24.5 Å². The first kappa shape index (κ1) is 20.0. The van der Waals surface area contributed by atoms with Crippen molar-refractivity contribution in [2.75, 3.05) is 17.2 Å². The molecule has 2 heterocycles. The maximum absolute atomic E-state index is 13.6. The number of likely N-dealkylation sites (tertiary alicyclic amines) is 1. The number of carbonyl (C=O) groups excluding carboxylic acids is 3. The molecule has 1 saturated carbocycles. The number of furan rings is 1. The normalized spacial score (nSPS) is 19.1. The number of hydrogen-bond donors (Lipinski definition) is 2. The Morgan fingerprint density at radius 2 is 1.90 bits per heavy atom. The van der Waals surface area contributed by atoms with Crippen molar-refractivity contribution >= 4 is 29.1 Å². The highest BCUT2D eigenvalue weighted by molar-refractivity contribution is 6.03. The second-order valence-electron chi connectivity index (χ2n) is 7.36. The van der Waals surface area contributed by atoms with Gasteiger partial charge in [-0.2, -0.15) is 13.2 Å². The van der Waals surface area contributed by atoms with Crippen LogP contribution in [-0.4, -0.2) is 35.2 Å². The van der Waals surface area contributed by atoms with Crippen LogP contribution in [0.5, 0.6) is 0 Å². The number of amides is 3. The average molecular weight is 421 g/mol. The summed E-state index contributed by atoms with van der Waals surface area (Å²) in [4.78, 5) is 38.1. The molecule has 1 saturated heterocycles. The first-order chi connectivity index (χ1) is 14.2. The Labute approximate surface area is 169 Å². The summed E-state index contributed by atoms with van der Waals surface area (Å²) < 4.78 is 45.6. The van der Waals surface area contributed by atoms with Gasteiger partial charge in [0.2, 0.25) is 11.8 Å². The number of halogens is 3. The van der Waals surface area contributed by atoms with Gasteiger partial charge in [0.15, 0.2) is 5.76 Å². The van der Waals surface area contributed by atoms with Gasteiger partial charge < -0.3 is 20.0 Å². The van der Waals surface area contributed by atoms with Crippen molar-refractivity contribution in [3.63, 3.8) is 0 Å². The van der Waals surface area contributed by atoms with Gasteiger partial charge in [0, 0.05) is 24.7 Å². The molecule has 0 bridgehead atoms. The average Bonchev–Trinajstić information content (AvgIpc) is 3.21. The molecule has 2 fully saturated rings. The molecular formula is C20H18F3N3O4. The second kappa shape index (κ2) is 7.51. The standard InChI is InChI=1S/C20H18F3N3O4/c21-20(22,23)14-9-12(24-19(29)16-2-1-7-30-16)3-6-15(14)25-18(28)11-8-17(27)26(10-11)13-4-5-13/h1-3,6-7,9,11,13H,4-5,8,10H2,(H,24,29)(H,25,28). The van der Waals surface area contributed by atoms with E-state index in [0.29, 0.717) is 0 Å². The number of anilines is 2. The molecule has 1 aromatic heterocycles. The summed E-state index contributed by atoms with van der Waals surface area (Å²) in [5.41, 5.74) is -1.63. The van der Waals surface area contributed by atoms with Gasteiger partial charge in [0.05, 0.1) is 23.4 Å². The molecule has 2 aliphatic rings. The van der Waals surface area contributed by atoms with Crippen LogP contribution in [0.3, 0.4) is 0 Å². The van der Waals surface area contributed by atoms with Gasteiger partial charge >= 0.3 is 6.18 Å². The number of nitrogens with zero attached hydrogens (tertiary/aromatic N) is 1. The number of hydrogen-bond acceptors (Lipinski definition) is 4. The van der Waals surface area contributed by atoms with Gasteiger partial charge in [-0.05, 0) is 43.2 Å². The van der Waals surface area contributed by atoms with Crippen molar-refractivity contribution in [3.8, 4) is 0 Å². The van der Waals surface area contributed by atoms with Crippen molar-refractivity contribution in [2.24, 2.45) is 5.92 Å². The van der Waals surface area contributed by atoms with E-state index < -0.39 is 35.2 Å². The zero-order chi connectivity index (χ0) is 21.5. The van der Waals surface area contributed by atoms with Crippen molar-refractivity contribution < 1.29 is 32.0 Å². The first-order valence-corrected chi connectivity index (χ1v) is 9.39. The van der Waals surface area contributed by atoms with E-state index >= 15 is 0 Å². The molecule has 1 aromatic carbocycles. The van der Waals surface area contributed by atoms with E-state index in [9.17, 15) is 27.6 Å². The lowest BCUT2D eigenvalue weighted by molar-refractivity contribution is -0.137. The van der Waals surface area contributed by atoms with E-state index in [2.05, 4.69) is 10.6 Å². The molecule has 2 aromatic rings. The molecule has 0 radical (unpaired) electrons. The van der Waals surface area contributed by atoms with Crippen LogP contribution < -0.4 is 10.6 Å². The number of rotatable bonds is 5. The number of alkyl halides is 3. The lowest BCUT2D eigenvalue weighted by Crippen LogP contribution is -2.30. The number of benzene rings is 1. The van der Waals surface area contributed by atoms with Gasteiger partial charge in [-0.3, -0.25) is 14.4 Å². The van der Waals surface area contributed by atoms with E-state index in [0.717, 1.165) is 25.0 Å². The van der Waals surface area contributed by atoms with E-state index in [-0.39, 0.29) is 36.4 Å². The maximum atomic E-state index is 13.6. The molecule has 7 nitrogen and oxygen atoms in total. The third-order valence-electron chi connectivity index (χ3n) is 5.10. The highest BCUT2D eigenvalue weighted by atomic mass is 19.4. The zero-order valence-corrected chi connectivity index (χ0v) is 15.7. The fourth-order valence-corrected chi connectivity index (χ4v) is 3.45. The zero-order valence-electron chi connectivity index (χ0n) is 15.7. The van der Waals surface area contributed by atoms with E-state index in [4.69, 9.17) is 4.42 Å². The van der Waals surface area contributed by atoms with Crippen LogP contribution in [0.2, 0.25) is 0 Å². The fraction of sp³-hybridized carbons (Fsp3) is 0.350. The summed E-state index contributed by atoms with van der Waals surface area (Å²) in [6, 6.07) is 6.08. The van der Waals surface area contributed by atoms with Crippen LogP contribution in [-0.2, 0) is 15.8 Å². The van der Waals surface area contributed by atoms with E-state index in [1.807, 2.05) is 0 Å². The van der Waals surface area contributed by atoms with Crippen molar-refractivity contribution in [3.05, 3.63) is 47.9 Å². The van der Waals surface area contributed by atoms with Gasteiger partial charge in [-0.15, -0.1) is 0 Å². The molecule has 30 heavy (non-hydrogen) atoms. The SMILES string of the molecule is O=C(Nc1ccc(NC(=O)C2CC(=O)N(C3CC3)C2)c(C(F)(F)F)c1)c1ccco1. The Morgan fingerprint density at radius 3 is 2.53 bits per heavy atom. The highest BCUT2D eigenvalue weighted by Crippen LogP contribution is 2.38. The van der Waals surface area contributed by atoms with Crippen LogP contribution in [0, 0.1) is 5.92 Å². The third kappa shape index (κ3) is 4.17. The molecular weight excluding hydrogens is 403 g/mol. The van der Waals surface area contributed by atoms with Crippen LogP contribution >= 0.6 is 0 Å². The van der Waals surface area contributed by atoms with Gasteiger partial charge in [0.25, 0.3) is 5.91 Å². The largest absolute Gasteiger partial charge is 0.459 e. The topological polar surface area (TPSA) is 91.7 Å². The summed E-state index contributed by atoms with van der Waals surface area (Å²) in [6.07, 6.45) is -1.72. The van der Waals surface area contributed by atoms with Crippen molar-refractivity contribution in [1.82, 2.24) is 4.90 Å². The van der Waals surface area contributed by atoms with Gasteiger partial charge in [0.1, 0.15) is 0 Å². The minimum absolute atomic E-state index is 0.0129. The van der Waals surface area contributed by atoms with Crippen LogP contribution in [0.1, 0.15) is 35.4 Å². The number of nitrogens with one attached hydrogen (secondary N) is 2. The predicted molar refractivity (Wildman–Crippen MR) is 99.6 cm³/mol. The molecule has 1 unspecified atom stereocenters.